The van der Waals surface area contributed by atoms with E-state index in [-0.39, 0.29) is 16.7 Å². The normalized spacial score (nSPS) is 18.8. The van der Waals surface area contributed by atoms with Gasteiger partial charge in [-0.3, -0.25) is 9.69 Å². The topological polar surface area (TPSA) is 20.3 Å². The van der Waals surface area contributed by atoms with E-state index >= 15 is 0 Å². The average molecular weight is 311 g/mol. The van der Waals surface area contributed by atoms with Crippen LogP contribution < -0.4 is 4.90 Å². The Hall–Kier alpha value is -1.74. The van der Waals surface area contributed by atoms with E-state index in [1.165, 1.54) is 11.1 Å². The molecule has 2 aromatic carbocycles. The molecule has 0 bridgehead atoms. The smallest absolute Gasteiger partial charge is 0.238 e. The van der Waals surface area contributed by atoms with E-state index in [2.05, 4.69) is 45.0 Å². The van der Waals surface area contributed by atoms with Gasteiger partial charge in [0.2, 0.25) is 5.91 Å². The lowest BCUT2D eigenvalue weighted by Gasteiger charge is -2.25. The fraction of sp³-hybridized carbons (Fsp3) is 0.316. The van der Waals surface area contributed by atoms with Gasteiger partial charge in [-0.1, -0.05) is 63.2 Å². The molecule has 0 radical (unpaired) electrons. The minimum Gasteiger partial charge on any atom is -0.295 e. The van der Waals surface area contributed by atoms with Gasteiger partial charge in [-0.05, 0) is 28.7 Å². The number of thioether (sulfide) groups is 1. The third-order valence-corrected chi connectivity index (χ3v) is 5.18. The van der Waals surface area contributed by atoms with E-state index in [4.69, 9.17) is 0 Å². The number of hydrogen-bond acceptors (Lipinski definition) is 2. The highest BCUT2D eigenvalue weighted by Crippen LogP contribution is 2.41. The molecule has 0 aromatic heterocycles. The first kappa shape index (κ1) is 15.2. The minimum atomic E-state index is 0.0731. The van der Waals surface area contributed by atoms with Gasteiger partial charge in [0.05, 0.1) is 5.75 Å². The molecule has 1 unspecified atom stereocenters. The van der Waals surface area contributed by atoms with Crippen molar-refractivity contribution < 1.29 is 4.79 Å². The highest BCUT2D eigenvalue weighted by Gasteiger charge is 2.33. The monoisotopic (exact) mass is 311 g/mol. The molecule has 0 aliphatic carbocycles. The maximum Gasteiger partial charge on any atom is 0.238 e. The summed E-state index contributed by atoms with van der Waals surface area (Å²) >= 11 is 1.70. The fourth-order valence-corrected chi connectivity index (χ4v) is 3.86. The number of nitrogens with zero attached hydrogens (tertiary/aromatic N) is 1. The van der Waals surface area contributed by atoms with Crippen molar-refractivity contribution in [3.8, 4) is 0 Å². The quantitative estimate of drug-likeness (QED) is 0.797. The Morgan fingerprint density at radius 1 is 1.00 bits per heavy atom. The molecule has 2 aromatic rings. The molecule has 0 spiro atoms. The van der Waals surface area contributed by atoms with Crippen molar-refractivity contribution in [1.29, 1.82) is 0 Å². The molecule has 114 valence electrons. The summed E-state index contributed by atoms with van der Waals surface area (Å²) in [7, 11) is 0. The van der Waals surface area contributed by atoms with E-state index in [0.717, 1.165) is 5.69 Å². The van der Waals surface area contributed by atoms with Crippen LogP contribution in [0.2, 0.25) is 0 Å². The molecule has 1 aliphatic heterocycles. The Bertz CT molecular complexity index is 658. The number of rotatable bonds is 2. The SMILES string of the molecule is CC(C)(C)c1ccc(C2SCC(=O)N2c2ccccc2)cc1. The molecule has 1 heterocycles. The van der Waals surface area contributed by atoms with E-state index in [9.17, 15) is 4.79 Å². The molecular formula is C19H21NOS. The van der Waals surface area contributed by atoms with Gasteiger partial charge in [-0.15, -0.1) is 11.8 Å². The summed E-state index contributed by atoms with van der Waals surface area (Å²) in [5.41, 5.74) is 3.63. The number of anilines is 1. The highest BCUT2D eigenvalue weighted by molar-refractivity contribution is 8.00. The number of carbonyl (C=O) groups is 1. The molecule has 3 rings (SSSR count). The predicted molar refractivity (Wildman–Crippen MR) is 94.3 cm³/mol. The van der Waals surface area contributed by atoms with Crippen LogP contribution in [0, 0.1) is 0 Å². The Morgan fingerprint density at radius 3 is 2.23 bits per heavy atom. The highest BCUT2D eigenvalue weighted by atomic mass is 32.2. The van der Waals surface area contributed by atoms with Crippen molar-refractivity contribution in [2.24, 2.45) is 0 Å². The standard InChI is InChI=1S/C19H21NOS/c1-19(2,3)15-11-9-14(10-12-15)18-20(17(21)13-22-18)16-7-5-4-6-8-16/h4-12,18H,13H2,1-3H3. The van der Waals surface area contributed by atoms with Crippen LogP contribution in [0.5, 0.6) is 0 Å². The number of benzene rings is 2. The molecule has 2 nitrogen and oxygen atoms in total. The van der Waals surface area contributed by atoms with Crippen LogP contribution in [0.4, 0.5) is 5.69 Å². The molecule has 0 N–H and O–H groups in total. The van der Waals surface area contributed by atoms with Crippen molar-refractivity contribution in [2.45, 2.75) is 31.6 Å². The molecular weight excluding hydrogens is 290 g/mol. The van der Waals surface area contributed by atoms with Gasteiger partial charge in [0.15, 0.2) is 0 Å². The molecule has 0 saturated carbocycles. The first-order valence-electron chi connectivity index (χ1n) is 7.56. The van der Waals surface area contributed by atoms with Crippen molar-refractivity contribution in [3.63, 3.8) is 0 Å². The zero-order chi connectivity index (χ0) is 15.7. The summed E-state index contributed by atoms with van der Waals surface area (Å²) < 4.78 is 0. The minimum absolute atomic E-state index is 0.0731. The van der Waals surface area contributed by atoms with Crippen LogP contribution in [-0.4, -0.2) is 11.7 Å². The largest absolute Gasteiger partial charge is 0.295 e. The Labute approximate surface area is 136 Å². The van der Waals surface area contributed by atoms with E-state index < -0.39 is 0 Å². The Balaban J connectivity index is 1.92. The van der Waals surface area contributed by atoms with Crippen LogP contribution >= 0.6 is 11.8 Å². The molecule has 3 heteroatoms. The summed E-state index contributed by atoms with van der Waals surface area (Å²) in [5, 5.41) is 0.0731. The number of para-hydroxylation sites is 1. The van der Waals surface area contributed by atoms with Crippen LogP contribution in [0.25, 0.3) is 0 Å². The Kier molecular flexibility index (Phi) is 4.00. The van der Waals surface area contributed by atoms with Gasteiger partial charge < -0.3 is 0 Å². The molecule has 1 fully saturated rings. The summed E-state index contributed by atoms with van der Waals surface area (Å²) in [6.45, 7) is 6.64. The summed E-state index contributed by atoms with van der Waals surface area (Å²) in [4.78, 5) is 14.2. The lowest BCUT2D eigenvalue weighted by molar-refractivity contribution is -0.115. The second kappa shape index (κ2) is 5.81. The van der Waals surface area contributed by atoms with Crippen molar-refractivity contribution >= 4 is 23.4 Å². The molecule has 1 amide bonds. The van der Waals surface area contributed by atoms with Gasteiger partial charge in [0.25, 0.3) is 0 Å². The van der Waals surface area contributed by atoms with Crippen molar-refractivity contribution in [1.82, 2.24) is 0 Å². The van der Waals surface area contributed by atoms with Crippen molar-refractivity contribution in [2.75, 3.05) is 10.7 Å². The molecule has 22 heavy (non-hydrogen) atoms. The second-order valence-corrected chi connectivity index (χ2v) is 7.70. The summed E-state index contributed by atoms with van der Waals surface area (Å²) in [5.74, 6) is 0.724. The zero-order valence-electron chi connectivity index (χ0n) is 13.2. The second-order valence-electron chi connectivity index (χ2n) is 6.63. The van der Waals surface area contributed by atoms with Crippen LogP contribution in [0.15, 0.2) is 54.6 Å². The van der Waals surface area contributed by atoms with E-state index in [1.807, 2.05) is 35.2 Å². The van der Waals surface area contributed by atoms with Crippen LogP contribution in [-0.2, 0) is 10.2 Å². The van der Waals surface area contributed by atoms with Gasteiger partial charge in [0, 0.05) is 5.69 Å². The molecule has 1 saturated heterocycles. The van der Waals surface area contributed by atoms with Crippen molar-refractivity contribution in [3.05, 3.63) is 65.7 Å². The summed E-state index contributed by atoms with van der Waals surface area (Å²) in [6, 6.07) is 18.6. The number of hydrogen-bond donors (Lipinski definition) is 0. The first-order chi connectivity index (χ1) is 10.5. The van der Waals surface area contributed by atoms with E-state index in [0.29, 0.717) is 5.75 Å². The Morgan fingerprint density at radius 2 is 1.64 bits per heavy atom. The van der Waals surface area contributed by atoms with E-state index in [1.54, 1.807) is 11.8 Å². The fourth-order valence-electron chi connectivity index (χ4n) is 2.69. The average Bonchev–Trinajstić information content (AvgIpc) is 2.89. The maximum absolute atomic E-state index is 12.3. The lowest BCUT2D eigenvalue weighted by atomic mass is 9.86. The summed E-state index contributed by atoms with van der Waals surface area (Å²) in [6.07, 6.45) is 0. The zero-order valence-corrected chi connectivity index (χ0v) is 14.1. The maximum atomic E-state index is 12.3. The van der Waals surface area contributed by atoms with Gasteiger partial charge >= 0.3 is 0 Å². The number of carbonyl (C=O) groups excluding carboxylic acids is 1. The third kappa shape index (κ3) is 2.91. The molecule has 1 atom stereocenters. The van der Waals surface area contributed by atoms with Gasteiger partial charge in [0.1, 0.15) is 5.37 Å². The first-order valence-corrected chi connectivity index (χ1v) is 8.61. The van der Waals surface area contributed by atoms with Crippen LogP contribution in [0.1, 0.15) is 37.3 Å². The van der Waals surface area contributed by atoms with Gasteiger partial charge in [-0.25, -0.2) is 0 Å². The van der Waals surface area contributed by atoms with Gasteiger partial charge in [-0.2, -0.15) is 0 Å². The third-order valence-electron chi connectivity index (χ3n) is 3.96. The predicted octanol–water partition coefficient (Wildman–Crippen LogP) is 4.76. The number of amides is 1. The lowest BCUT2D eigenvalue weighted by Crippen LogP contribution is -2.27. The van der Waals surface area contributed by atoms with Crippen LogP contribution in [0.3, 0.4) is 0 Å². The molecule has 1 aliphatic rings.